The van der Waals surface area contributed by atoms with Gasteiger partial charge < -0.3 is 10.1 Å². The fraction of sp³-hybridized carbons (Fsp3) is 0.136. The lowest BCUT2D eigenvalue weighted by Crippen LogP contribution is -2.37. The maximum atomic E-state index is 13.2. The Hall–Kier alpha value is -2.94. The van der Waals surface area contributed by atoms with Crippen molar-refractivity contribution in [1.82, 2.24) is 4.31 Å². The van der Waals surface area contributed by atoms with Gasteiger partial charge in [0.15, 0.2) is 0 Å². The zero-order chi connectivity index (χ0) is 22.4. The fourth-order valence-electron chi connectivity index (χ4n) is 2.87. The van der Waals surface area contributed by atoms with Crippen LogP contribution in [0.5, 0.6) is 5.75 Å². The van der Waals surface area contributed by atoms with Crippen molar-refractivity contribution in [2.24, 2.45) is 0 Å². The first-order valence-electron chi connectivity index (χ1n) is 9.22. The summed E-state index contributed by atoms with van der Waals surface area (Å²) < 4.78 is 45.7. The zero-order valence-electron chi connectivity index (χ0n) is 16.6. The first-order chi connectivity index (χ1) is 14.8. The molecule has 1 N–H and O–H groups in total. The lowest BCUT2D eigenvalue weighted by atomic mass is 10.2. The molecule has 0 aliphatic heterocycles. The van der Waals surface area contributed by atoms with E-state index in [1.807, 2.05) is 0 Å². The molecule has 0 fully saturated rings. The van der Waals surface area contributed by atoms with Crippen molar-refractivity contribution in [3.63, 3.8) is 0 Å². The van der Waals surface area contributed by atoms with Gasteiger partial charge in [0.25, 0.3) is 0 Å². The summed E-state index contributed by atoms with van der Waals surface area (Å²) >= 11 is 6.08. The zero-order valence-corrected chi connectivity index (χ0v) is 18.2. The minimum Gasteiger partial charge on any atom is -0.495 e. The van der Waals surface area contributed by atoms with E-state index in [0.29, 0.717) is 22.0 Å². The average Bonchev–Trinajstić information content (AvgIpc) is 2.75. The predicted octanol–water partition coefficient (Wildman–Crippen LogP) is 4.32. The number of anilines is 1. The topological polar surface area (TPSA) is 75.7 Å². The summed E-state index contributed by atoms with van der Waals surface area (Å²) in [6, 6.07) is 17.9. The highest BCUT2D eigenvalue weighted by molar-refractivity contribution is 7.89. The normalized spacial score (nSPS) is 11.4. The number of benzene rings is 3. The number of methoxy groups -OCH3 is 1. The summed E-state index contributed by atoms with van der Waals surface area (Å²) in [5.74, 6) is -0.539. The predicted molar refractivity (Wildman–Crippen MR) is 117 cm³/mol. The van der Waals surface area contributed by atoms with Crippen LogP contribution >= 0.6 is 11.6 Å². The highest BCUT2D eigenvalue weighted by Gasteiger charge is 2.27. The number of hydrogen-bond acceptors (Lipinski definition) is 4. The molecule has 0 atom stereocenters. The molecule has 0 saturated heterocycles. The van der Waals surface area contributed by atoms with E-state index in [0.717, 1.165) is 4.31 Å². The van der Waals surface area contributed by atoms with Gasteiger partial charge in [0, 0.05) is 12.2 Å². The van der Waals surface area contributed by atoms with E-state index < -0.39 is 28.3 Å². The summed E-state index contributed by atoms with van der Waals surface area (Å²) in [5, 5.41) is 2.94. The van der Waals surface area contributed by atoms with Crippen molar-refractivity contribution in [2.75, 3.05) is 19.0 Å². The Morgan fingerprint density at radius 2 is 1.74 bits per heavy atom. The molecule has 162 valence electrons. The van der Waals surface area contributed by atoms with Gasteiger partial charge in [-0.05, 0) is 48.0 Å². The van der Waals surface area contributed by atoms with E-state index in [1.54, 1.807) is 30.3 Å². The molecule has 3 rings (SSSR count). The molecule has 3 aromatic rings. The van der Waals surface area contributed by atoms with E-state index in [1.165, 1.54) is 49.6 Å². The number of carbonyl (C=O) groups excluding carboxylic acids is 1. The third-order valence-electron chi connectivity index (χ3n) is 4.41. The Kier molecular flexibility index (Phi) is 7.27. The van der Waals surface area contributed by atoms with E-state index in [2.05, 4.69) is 5.32 Å². The van der Waals surface area contributed by atoms with Crippen LogP contribution in [0.15, 0.2) is 77.7 Å². The highest BCUT2D eigenvalue weighted by Crippen LogP contribution is 2.27. The standard InChI is InChI=1S/C22H20ClFN2O4S/c1-30-21-12-11-18(13-20(21)23)25-22(27)15-26(14-16-7-9-17(24)10-8-16)31(28,29)19-5-3-2-4-6-19/h2-13H,14-15H2,1H3,(H,25,27). The smallest absolute Gasteiger partial charge is 0.243 e. The minimum absolute atomic E-state index is 0.0532. The van der Waals surface area contributed by atoms with Crippen molar-refractivity contribution in [3.8, 4) is 5.75 Å². The molecule has 0 aromatic heterocycles. The monoisotopic (exact) mass is 462 g/mol. The van der Waals surface area contributed by atoms with Crippen molar-refractivity contribution in [3.05, 3.63) is 89.2 Å². The molecule has 0 spiro atoms. The number of hydrogen-bond donors (Lipinski definition) is 1. The van der Waals surface area contributed by atoms with Gasteiger partial charge in [-0.2, -0.15) is 4.31 Å². The molecule has 31 heavy (non-hydrogen) atoms. The number of ether oxygens (including phenoxy) is 1. The minimum atomic E-state index is -3.98. The summed E-state index contributed by atoms with van der Waals surface area (Å²) in [5.41, 5.74) is 0.941. The summed E-state index contributed by atoms with van der Waals surface area (Å²) in [6.07, 6.45) is 0. The summed E-state index contributed by atoms with van der Waals surface area (Å²) in [6.45, 7) is -0.549. The summed E-state index contributed by atoms with van der Waals surface area (Å²) in [7, 11) is -2.51. The molecule has 0 saturated carbocycles. The third-order valence-corrected chi connectivity index (χ3v) is 6.51. The van der Waals surface area contributed by atoms with Gasteiger partial charge in [-0.3, -0.25) is 4.79 Å². The molecule has 3 aromatic carbocycles. The molecular weight excluding hydrogens is 443 g/mol. The van der Waals surface area contributed by atoms with Crippen molar-refractivity contribution in [1.29, 1.82) is 0 Å². The number of halogens is 2. The van der Waals surface area contributed by atoms with Gasteiger partial charge in [0.05, 0.1) is 23.6 Å². The van der Waals surface area contributed by atoms with Gasteiger partial charge in [0.1, 0.15) is 11.6 Å². The quantitative estimate of drug-likeness (QED) is 0.541. The van der Waals surface area contributed by atoms with E-state index in [4.69, 9.17) is 16.3 Å². The van der Waals surface area contributed by atoms with Crippen LogP contribution in [0.3, 0.4) is 0 Å². The van der Waals surface area contributed by atoms with Crippen LogP contribution in [0.1, 0.15) is 5.56 Å². The number of carbonyl (C=O) groups is 1. The van der Waals surface area contributed by atoms with Crippen LogP contribution < -0.4 is 10.1 Å². The van der Waals surface area contributed by atoms with Crippen molar-refractivity contribution < 1.29 is 22.3 Å². The first-order valence-corrected chi connectivity index (χ1v) is 11.0. The number of rotatable bonds is 8. The van der Waals surface area contributed by atoms with Crippen LogP contribution in [0, 0.1) is 5.82 Å². The van der Waals surface area contributed by atoms with Crippen LogP contribution in [0.2, 0.25) is 5.02 Å². The third kappa shape index (κ3) is 5.81. The fourth-order valence-corrected chi connectivity index (χ4v) is 4.53. The Morgan fingerprint density at radius 1 is 1.06 bits per heavy atom. The maximum absolute atomic E-state index is 13.2. The molecule has 0 bridgehead atoms. The molecule has 0 aliphatic rings. The van der Waals surface area contributed by atoms with Crippen LogP contribution in [0.25, 0.3) is 0 Å². The van der Waals surface area contributed by atoms with Gasteiger partial charge in [-0.1, -0.05) is 41.9 Å². The number of amides is 1. The SMILES string of the molecule is COc1ccc(NC(=O)CN(Cc2ccc(F)cc2)S(=O)(=O)c2ccccc2)cc1Cl. The van der Waals surface area contributed by atoms with Gasteiger partial charge in [-0.15, -0.1) is 0 Å². The number of sulfonamides is 1. The second-order valence-corrected chi connectivity index (χ2v) is 8.96. The average molecular weight is 463 g/mol. The second kappa shape index (κ2) is 9.91. The van der Waals surface area contributed by atoms with E-state index in [-0.39, 0.29) is 11.4 Å². The largest absolute Gasteiger partial charge is 0.495 e. The second-order valence-electron chi connectivity index (χ2n) is 6.61. The first kappa shape index (κ1) is 22.7. The number of nitrogens with zero attached hydrogens (tertiary/aromatic N) is 1. The molecular formula is C22H20ClFN2O4S. The van der Waals surface area contributed by atoms with Crippen molar-refractivity contribution >= 4 is 33.2 Å². The summed E-state index contributed by atoms with van der Waals surface area (Å²) in [4.78, 5) is 12.7. The van der Waals surface area contributed by atoms with Crippen LogP contribution in [-0.4, -0.2) is 32.3 Å². The number of nitrogens with one attached hydrogen (secondary N) is 1. The van der Waals surface area contributed by atoms with E-state index in [9.17, 15) is 17.6 Å². The van der Waals surface area contributed by atoms with E-state index >= 15 is 0 Å². The molecule has 0 heterocycles. The van der Waals surface area contributed by atoms with Crippen molar-refractivity contribution in [2.45, 2.75) is 11.4 Å². The molecule has 0 aliphatic carbocycles. The Labute approximate surface area is 185 Å². The molecule has 6 nitrogen and oxygen atoms in total. The van der Waals surface area contributed by atoms with Gasteiger partial charge in [0.2, 0.25) is 15.9 Å². The van der Waals surface area contributed by atoms with Crippen LogP contribution in [0.4, 0.5) is 10.1 Å². The van der Waals surface area contributed by atoms with Crippen LogP contribution in [-0.2, 0) is 21.4 Å². The lowest BCUT2D eigenvalue weighted by Gasteiger charge is -2.22. The highest BCUT2D eigenvalue weighted by atomic mass is 35.5. The molecule has 0 radical (unpaired) electrons. The lowest BCUT2D eigenvalue weighted by molar-refractivity contribution is -0.116. The molecule has 0 unspecified atom stereocenters. The molecule has 9 heteroatoms. The Balaban J connectivity index is 1.84. The maximum Gasteiger partial charge on any atom is 0.243 e. The molecule has 1 amide bonds. The Morgan fingerprint density at radius 3 is 2.35 bits per heavy atom. The van der Waals surface area contributed by atoms with Gasteiger partial charge >= 0.3 is 0 Å². The van der Waals surface area contributed by atoms with Gasteiger partial charge in [-0.25, -0.2) is 12.8 Å². The Bertz CT molecular complexity index is 1160.